The molecular formula is C12H14N2O5. The third kappa shape index (κ3) is 2.72. The molecule has 0 radical (unpaired) electrons. The van der Waals surface area contributed by atoms with Gasteiger partial charge in [-0.05, 0) is 18.6 Å². The number of nitro groups is 1. The van der Waals surface area contributed by atoms with E-state index in [-0.39, 0.29) is 24.3 Å². The van der Waals surface area contributed by atoms with Gasteiger partial charge in [0.25, 0.3) is 11.6 Å². The Morgan fingerprint density at radius 3 is 2.42 bits per heavy atom. The van der Waals surface area contributed by atoms with E-state index in [1.165, 1.54) is 17.0 Å². The van der Waals surface area contributed by atoms with Gasteiger partial charge in [-0.1, -0.05) is 0 Å². The molecule has 1 fully saturated rings. The van der Waals surface area contributed by atoms with Gasteiger partial charge < -0.3 is 15.1 Å². The molecule has 0 aliphatic carbocycles. The summed E-state index contributed by atoms with van der Waals surface area (Å²) in [5.74, 6) is -0.428. The number of non-ortho nitro benzene ring substituents is 1. The van der Waals surface area contributed by atoms with Crippen LogP contribution in [0.2, 0.25) is 0 Å². The highest BCUT2D eigenvalue weighted by molar-refractivity contribution is 5.95. The number of β-amino-alcohol motifs (C(OH)–C–C–N with tert-alkyl or cyclic N) is 2. The zero-order valence-electron chi connectivity index (χ0n) is 10.3. The van der Waals surface area contributed by atoms with Crippen molar-refractivity contribution in [3.63, 3.8) is 0 Å². The number of aryl methyl sites for hydroxylation is 1. The number of nitro benzene ring substituents is 1. The average Bonchev–Trinajstić information content (AvgIpc) is 2.68. The van der Waals surface area contributed by atoms with Crippen molar-refractivity contribution >= 4 is 11.6 Å². The van der Waals surface area contributed by atoms with Crippen molar-refractivity contribution in [3.8, 4) is 0 Å². The van der Waals surface area contributed by atoms with Crippen molar-refractivity contribution in [3.05, 3.63) is 39.4 Å². The highest BCUT2D eigenvalue weighted by Crippen LogP contribution is 2.20. The number of nitrogens with zero attached hydrogens (tertiary/aromatic N) is 2. The first-order chi connectivity index (χ1) is 8.88. The van der Waals surface area contributed by atoms with Gasteiger partial charge in [-0.25, -0.2) is 0 Å². The summed E-state index contributed by atoms with van der Waals surface area (Å²) < 4.78 is 0. The number of amides is 1. The maximum atomic E-state index is 12.1. The molecule has 1 amide bonds. The molecule has 0 spiro atoms. The van der Waals surface area contributed by atoms with E-state index in [1.807, 2.05) is 0 Å². The molecular weight excluding hydrogens is 252 g/mol. The molecule has 0 bridgehead atoms. The second kappa shape index (κ2) is 4.94. The third-order valence-corrected chi connectivity index (χ3v) is 3.07. The van der Waals surface area contributed by atoms with Crippen LogP contribution in [0, 0.1) is 17.0 Å². The summed E-state index contributed by atoms with van der Waals surface area (Å²) in [6.07, 6.45) is -1.94. The fourth-order valence-corrected chi connectivity index (χ4v) is 2.11. The second-order valence-electron chi connectivity index (χ2n) is 4.66. The van der Waals surface area contributed by atoms with Crippen LogP contribution in [0.15, 0.2) is 18.2 Å². The Bertz CT molecular complexity index is 521. The summed E-state index contributed by atoms with van der Waals surface area (Å²) >= 11 is 0. The zero-order valence-corrected chi connectivity index (χ0v) is 10.3. The fraction of sp³-hybridized carbons (Fsp3) is 0.417. The molecule has 7 heteroatoms. The monoisotopic (exact) mass is 266 g/mol. The molecule has 2 rings (SSSR count). The van der Waals surface area contributed by atoms with Gasteiger partial charge in [-0.3, -0.25) is 14.9 Å². The summed E-state index contributed by atoms with van der Waals surface area (Å²) in [5.41, 5.74) is 0.648. The van der Waals surface area contributed by atoms with Gasteiger partial charge in [0.05, 0.1) is 17.1 Å². The fourth-order valence-electron chi connectivity index (χ4n) is 2.11. The van der Waals surface area contributed by atoms with Crippen LogP contribution < -0.4 is 0 Å². The van der Waals surface area contributed by atoms with Gasteiger partial charge in [0, 0.05) is 30.8 Å². The number of carbonyl (C=O) groups excluding carboxylic acids is 1. The first kappa shape index (κ1) is 13.4. The van der Waals surface area contributed by atoms with Gasteiger partial charge in [-0.15, -0.1) is 0 Å². The van der Waals surface area contributed by atoms with Crippen LogP contribution in [-0.4, -0.2) is 51.2 Å². The highest BCUT2D eigenvalue weighted by Gasteiger charge is 2.33. The average molecular weight is 266 g/mol. The maximum absolute atomic E-state index is 12.1. The number of aliphatic hydroxyl groups is 2. The molecule has 2 atom stereocenters. The first-order valence-electron chi connectivity index (χ1n) is 5.80. The minimum Gasteiger partial charge on any atom is -0.388 e. The summed E-state index contributed by atoms with van der Waals surface area (Å²) in [6, 6.07) is 4.13. The van der Waals surface area contributed by atoms with Gasteiger partial charge in [-0.2, -0.15) is 0 Å². The third-order valence-electron chi connectivity index (χ3n) is 3.07. The molecule has 2 unspecified atom stereocenters. The van der Waals surface area contributed by atoms with Crippen molar-refractivity contribution < 1.29 is 19.9 Å². The summed E-state index contributed by atoms with van der Waals surface area (Å²) in [6.45, 7) is 1.72. The topological polar surface area (TPSA) is 104 Å². The Morgan fingerprint density at radius 2 is 1.89 bits per heavy atom. The number of hydrogen-bond acceptors (Lipinski definition) is 5. The molecule has 1 aliphatic heterocycles. The van der Waals surface area contributed by atoms with Gasteiger partial charge >= 0.3 is 0 Å². The van der Waals surface area contributed by atoms with Crippen molar-refractivity contribution in [1.82, 2.24) is 4.90 Å². The molecule has 1 aromatic carbocycles. The predicted octanol–water partition coefficient (Wildman–Crippen LogP) is 0.0808. The summed E-state index contributed by atoms with van der Waals surface area (Å²) in [5, 5.41) is 29.6. The predicted molar refractivity (Wildman–Crippen MR) is 65.8 cm³/mol. The number of likely N-dealkylation sites (tertiary alicyclic amines) is 1. The molecule has 1 aromatic rings. The van der Waals surface area contributed by atoms with E-state index in [2.05, 4.69) is 0 Å². The summed E-state index contributed by atoms with van der Waals surface area (Å²) in [7, 11) is 0. The number of rotatable bonds is 2. The van der Waals surface area contributed by atoms with Crippen molar-refractivity contribution in [1.29, 1.82) is 0 Å². The molecule has 19 heavy (non-hydrogen) atoms. The second-order valence-corrected chi connectivity index (χ2v) is 4.66. The van der Waals surface area contributed by atoms with Crippen LogP contribution in [0.1, 0.15) is 15.9 Å². The van der Waals surface area contributed by atoms with E-state index in [0.717, 1.165) is 0 Å². The lowest BCUT2D eigenvalue weighted by Gasteiger charge is -2.15. The molecule has 2 N–H and O–H groups in total. The summed E-state index contributed by atoms with van der Waals surface area (Å²) in [4.78, 5) is 23.6. The minimum atomic E-state index is -0.969. The van der Waals surface area contributed by atoms with E-state index in [4.69, 9.17) is 0 Å². The van der Waals surface area contributed by atoms with Crippen molar-refractivity contribution in [2.75, 3.05) is 13.1 Å². The highest BCUT2D eigenvalue weighted by atomic mass is 16.6. The van der Waals surface area contributed by atoms with Crippen LogP contribution in [0.3, 0.4) is 0 Å². The smallest absolute Gasteiger partial charge is 0.270 e. The van der Waals surface area contributed by atoms with E-state index in [0.29, 0.717) is 5.56 Å². The molecule has 0 saturated carbocycles. The number of aliphatic hydroxyl groups excluding tert-OH is 2. The molecule has 1 saturated heterocycles. The minimum absolute atomic E-state index is 0.0295. The largest absolute Gasteiger partial charge is 0.388 e. The van der Waals surface area contributed by atoms with E-state index in [1.54, 1.807) is 13.0 Å². The standard InChI is InChI=1S/C12H14N2O5/c1-7-2-8(4-9(3-7)14(18)19)12(17)13-5-10(15)11(16)6-13/h2-4,10-11,15-16H,5-6H2,1H3. The van der Waals surface area contributed by atoms with E-state index >= 15 is 0 Å². The first-order valence-corrected chi connectivity index (χ1v) is 5.80. The van der Waals surface area contributed by atoms with Crippen molar-refractivity contribution in [2.45, 2.75) is 19.1 Å². The lowest BCUT2D eigenvalue weighted by atomic mass is 10.1. The Hall–Kier alpha value is -1.99. The van der Waals surface area contributed by atoms with E-state index < -0.39 is 23.0 Å². The van der Waals surface area contributed by atoms with Gasteiger partial charge in [0.1, 0.15) is 0 Å². The van der Waals surface area contributed by atoms with Crippen LogP contribution in [0.25, 0.3) is 0 Å². The Kier molecular flexibility index (Phi) is 3.50. The quantitative estimate of drug-likeness (QED) is 0.582. The van der Waals surface area contributed by atoms with Crippen LogP contribution in [-0.2, 0) is 0 Å². The molecule has 0 aromatic heterocycles. The Morgan fingerprint density at radius 1 is 1.32 bits per heavy atom. The Labute approximate surface area is 109 Å². The van der Waals surface area contributed by atoms with Crippen LogP contribution in [0.5, 0.6) is 0 Å². The lowest BCUT2D eigenvalue weighted by Crippen LogP contribution is -2.29. The molecule has 1 heterocycles. The molecule has 102 valence electrons. The van der Waals surface area contributed by atoms with Crippen molar-refractivity contribution in [2.24, 2.45) is 0 Å². The molecule has 7 nitrogen and oxygen atoms in total. The SMILES string of the molecule is Cc1cc(C(=O)N2CC(O)C(O)C2)cc([N+](=O)[O-])c1. The maximum Gasteiger partial charge on any atom is 0.270 e. The normalized spacial score (nSPS) is 22.6. The number of hydrogen-bond donors (Lipinski definition) is 2. The van der Waals surface area contributed by atoms with E-state index in [9.17, 15) is 25.1 Å². The van der Waals surface area contributed by atoms with Crippen LogP contribution in [0.4, 0.5) is 5.69 Å². The van der Waals surface area contributed by atoms with Gasteiger partial charge in [0.2, 0.25) is 0 Å². The number of benzene rings is 1. The Balaban J connectivity index is 2.27. The zero-order chi connectivity index (χ0) is 14.2. The molecule has 1 aliphatic rings. The lowest BCUT2D eigenvalue weighted by molar-refractivity contribution is -0.384. The van der Waals surface area contributed by atoms with Gasteiger partial charge in [0.15, 0.2) is 0 Å². The number of carbonyl (C=O) groups is 1. The van der Waals surface area contributed by atoms with Crippen LogP contribution >= 0.6 is 0 Å².